The summed E-state index contributed by atoms with van der Waals surface area (Å²) < 4.78 is 16.3. The largest absolute Gasteiger partial charge is 0.497 e. The minimum atomic E-state index is -0.466. The van der Waals surface area contributed by atoms with E-state index in [4.69, 9.17) is 14.2 Å². The smallest absolute Gasteiger partial charge is 0.282 e. The van der Waals surface area contributed by atoms with Gasteiger partial charge in [0, 0.05) is 12.1 Å². The van der Waals surface area contributed by atoms with Crippen LogP contribution in [0.3, 0.4) is 0 Å². The van der Waals surface area contributed by atoms with Crippen LogP contribution in [0, 0.1) is 6.92 Å². The van der Waals surface area contributed by atoms with Gasteiger partial charge in [-0.1, -0.05) is 35.9 Å². The number of nitrogens with one attached hydrogen (secondary N) is 1. The summed E-state index contributed by atoms with van der Waals surface area (Å²) in [7, 11) is 3.09. The zero-order valence-electron chi connectivity index (χ0n) is 19.5. The molecule has 7 heteroatoms. The molecule has 3 aromatic carbocycles. The van der Waals surface area contributed by atoms with E-state index in [1.165, 1.54) is 7.11 Å². The molecular weight excluding hydrogens is 432 g/mol. The van der Waals surface area contributed by atoms with E-state index >= 15 is 0 Å². The van der Waals surface area contributed by atoms with Gasteiger partial charge < -0.3 is 19.5 Å². The molecule has 0 aromatic heterocycles. The van der Waals surface area contributed by atoms with Gasteiger partial charge in [-0.15, -0.1) is 0 Å². The van der Waals surface area contributed by atoms with Gasteiger partial charge in [0.25, 0.3) is 11.8 Å². The normalized spacial score (nSPS) is 13.4. The lowest BCUT2D eigenvalue weighted by molar-refractivity contribution is -0.120. The SMILES string of the molecule is CCOc1cccc(N2C(=O)C(Nc3ccc(OC)cc3OC)=C(c3ccc(C)cc3)C2=O)c1. The molecule has 34 heavy (non-hydrogen) atoms. The van der Waals surface area contributed by atoms with Crippen molar-refractivity contribution < 1.29 is 23.8 Å². The minimum Gasteiger partial charge on any atom is -0.497 e. The number of carbonyl (C=O) groups excluding carboxylic acids is 2. The molecule has 0 saturated heterocycles. The number of carbonyl (C=O) groups is 2. The summed E-state index contributed by atoms with van der Waals surface area (Å²) in [5.74, 6) is 0.783. The zero-order chi connectivity index (χ0) is 24.2. The number of anilines is 2. The van der Waals surface area contributed by atoms with Crippen LogP contribution in [0.25, 0.3) is 5.57 Å². The number of hydrogen-bond acceptors (Lipinski definition) is 6. The molecule has 174 valence electrons. The first-order valence-corrected chi connectivity index (χ1v) is 10.9. The highest BCUT2D eigenvalue weighted by Gasteiger charge is 2.40. The third kappa shape index (κ3) is 4.32. The van der Waals surface area contributed by atoms with Crippen LogP contribution in [0.1, 0.15) is 18.1 Å². The lowest BCUT2D eigenvalue weighted by Crippen LogP contribution is -2.32. The van der Waals surface area contributed by atoms with Crippen molar-refractivity contribution in [3.05, 3.63) is 83.6 Å². The third-order valence-electron chi connectivity index (χ3n) is 5.48. The molecule has 7 nitrogen and oxygen atoms in total. The number of rotatable bonds is 8. The average Bonchev–Trinajstić information content (AvgIpc) is 3.09. The molecule has 0 unspecified atom stereocenters. The Balaban J connectivity index is 1.81. The summed E-state index contributed by atoms with van der Waals surface area (Å²) in [6.07, 6.45) is 0. The van der Waals surface area contributed by atoms with Gasteiger partial charge >= 0.3 is 0 Å². The van der Waals surface area contributed by atoms with Crippen molar-refractivity contribution in [2.45, 2.75) is 13.8 Å². The van der Waals surface area contributed by atoms with Gasteiger partial charge in [0.1, 0.15) is 22.9 Å². The van der Waals surface area contributed by atoms with E-state index in [1.807, 2.05) is 38.1 Å². The maximum absolute atomic E-state index is 13.6. The first-order valence-electron chi connectivity index (χ1n) is 10.9. The number of benzene rings is 3. The number of imide groups is 1. The fraction of sp³-hybridized carbons (Fsp3) is 0.185. The molecular formula is C27H26N2O5. The number of nitrogens with zero attached hydrogens (tertiary/aromatic N) is 1. The van der Waals surface area contributed by atoms with E-state index in [-0.39, 0.29) is 11.3 Å². The monoisotopic (exact) mass is 458 g/mol. The van der Waals surface area contributed by atoms with Crippen LogP contribution in [-0.4, -0.2) is 32.6 Å². The molecule has 2 amide bonds. The number of hydrogen-bond donors (Lipinski definition) is 1. The quantitative estimate of drug-likeness (QED) is 0.489. The summed E-state index contributed by atoms with van der Waals surface area (Å²) in [6, 6.07) is 19.6. The molecule has 0 fully saturated rings. The summed E-state index contributed by atoms with van der Waals surface area (Å²) in [5.41, 5.74) is 3.11. The number of ether oxygens (including phenoxy) is 3. The fourth-order valence-corrected chi connectivity index (χ4v) is 3.78. The Labute approximate surface area is 198 Å². The summed E-state index contributed by atoms with van der Waals surface area (Å²) in [4.78, 5) is 28.4. The van der Waals surface area contributed by atoms with Crippen LogP contribution in [-0.2, 0) is 9.59 Å². The van der Waals surface area contributed by atoms with Gasteiger partial charge in [0.05, 0.1) is 37.8 Å². The Morgan fingerprint density at radius 3 is 2.29 bits per heavy atom. The Kier molecular flexibility index (Phi) is 6.54. The second-order valence-corrected chi connectivity index (χ2v) is 7.68. The van der Waals surface area contributed by atoms with E-state index in [9.17, 15) is 9.59 Å². The van der Waals surface area contributed by atoms with Gasteiger partial charge in [-0.2, -0.15) is 0 Å². The van der Waals surface area contributed by atoms with E-state index in [0.29, 0.717) is 40.8 Å². The number of methoxy groups -OCH3 is 2. The molecule has 0 atom stereocenters. The Morgan fingerprint density at radius 2 is 1.62 bits per heavy atom. The molecule has 4 rings (SSSR count). The van der Waals surface area contributed by atoms with Crippen molar-refractivity contribution in [1.29, 1.82) is 0 Å². The van der Waals surface area contributed by atoms with E-state index in [1.54, 1.807) is 49.6 Å². The van der Waals surface area contributed by atoms with Crippen LogP contribution in [0.4, 0.5) is 11.4 Å². The van der Waals surface area contributed by atoms with E-state index in [0.717, 1.165) is 10.5 Å². The lowest BCUT2D eigenvalue weighted by Gasteiger charge is -2.17. The van der Waals surface area contributed by atoms with Gasteiger partial charge in [-0.25, -0.2) is 4.90 Å². The molecule has 1 aliphatic heterocycles. The second kappa shape index (κ2) is 9.70. The molecule has 0 saturated carbocycles. The molecule has 0 aliphatic carbocycles. The highest BCUT2D eigenvalue weighted by molar-refractivity contribution is 6.46. The predicted molar refractivity (Wildman–Crippen MR) is 131 cm³/mol. The number of amides is 2. The van der Waals surface area contributed by atoms with Crippen LogP contribution >= 0.6 is 0 Å². The van der Waals surface area contributed by atoms with Crippen LogP contribution in [0.5, 0.6) is 17.2 Å². The van der Waals surface area contributed by atoms with Gasteiger partial charge in [-0.05, 0) is 43.7 Å². The summed E-state index contributed by atoms with van der Waals surface area (Å²) in [6.45, 7) is 4.31. The molecule has 1 N–H and O–H groups in total. The summed E-state index contributed by atoms with van der Waals surface area (Å²) in [5, 5.41) is 3.15. The van der Waals surface area contributed by atoms with E-state index < -0.39 is 11.8 Å². The maximum Gasteiger partial charge on any atom is 0.282 e. The Morgan fingerprint density at radius 1 is 0.853 bits per heavy atom. The summed E-state index contributed by atoms with van der Waals surface area (Å²) >= 11 is 0. The zero-order valence-corrected chi connectivity index (χ0v) is 19.5. The molecule has 0 spiro atoms. The molecule has 3 aromatic rings. The van der Waals surface area contributed by atoms with Crippen molar-refractivity contribution in [1.82, 2.24) is 0 Å². The van der Waals surface area contributed by atoms with Crippen molar-refractivity contribution >= 4 is 28.8 Å². The average molecular weight is 459 g/mol. The highest BCUT2D eigenvalue weighted by atomic mass is 16.5. The molecule has 1 aliphatic rings. The van der Waals surface area contributed by atoms with Crippen LogP contribution < -0.4 is 24.4 Å². The minimum absolute atomic E-state index is 0.166. The van der Waals surface area contributed by atoms with Crippen molar-refractivity contribution in [3.63, 3.8) is 0 Å². The lowest BCUT2D eigenvalue weighted by atomic mass is 10.0. The molecule has 1 heterocycles. The standard InChI is InChI=1S/C27H26N2O5/c1-5-34-21-8-6-7-19(15-21)29-26(30)24(18-11-9-17(2)10-12-18)25(27(29)31)28-22-14-13-20(32-3)16-23(22)33-4/h6-16,28H,5H2,1-4H3. The molecule has 0 radical (unpaired) electrons. The molecule has 0 bridgehead atoms. The second-order valence-electron chi connectivity index (χ2n) is 7.68. The third-order valence-corrected chi connectivity index (χ3v) is 5.48. The predicted octanol–water partition coefficient (Wildman–Crippen LogP) is 4.81. The number of aryl methyl sites for hydroxylation is 1. The van der Waals surface area contributed by atoms with Gasteiger partial charge in [0.2, 0.25) is 0 Å². The fourth-order valence-electron chi connectivity index (χ4n) is 3.78. The van der Waals surface area contributed by atoms with Crippen LogP contribution in [0.15, 0.2) is 72.4 Å². The van der Waals surface area contributed by atoms with E-state index in [2.05, 4.69) is 5.32 Å². The maximum atomic E-state index is 13.6. The first-order chi connectivity index (χ1) is 16.5. The van der Waals surface area contributed by atoms with Gasteiger partial charge in [-0.3, -0.25) is 9.59 Å². The van der Waals surface area contributed by atoms with Crippen LogP contribution in [0.2, 0.25) is 0 Å². The van der Waals surface area contributed by atoms with Crippen molar-refractivity contribution in [2.24, 2.45) is 0 Å². The first kappa shape index (κ1) is 22.9. The highest BCUT2D eigenvalue weighted by Crippen LogP contribution is 2.37. The Bertz CT molecular complexity index is 1260. The van der Waals surface area contributed by atoms with Gasteiger partial charge in [0.15, 0.2) is 0 Å². The van der Waals surface area contributed by atoms with Crippen molar-refractivity contribution in [3.8, 4) is 17.2 Å². The Hall–Kier alpha value is -4.26. The topological polar surface area (TPSA) is 77.1 Å². The van der Waals surface area contributed by atoms with Crippen molar-refractivity contribution in [2.75, 3.05) is 31.0 Å².